The van der Waals surface area contributed by atoms with Gasteiger partial charge < -0.3 is 15.2 Å². The van der Waals surface area contributed by atoms with E-state index in [0.29, 0.717) is 18.1 Å². The van der Waals surface area contributed by atoms with Gasteiger partial charge in [0.25, 0.3) is 0 Å². The van der Waals surface area contributed by atoms with Gasteiger partial charge in [0, 0.05) is 19.2 Å². The van der Waals surface area contributed by atoms with E-state index in [0.717, 1.165) is 31.6 Å². The van der Waals surface area contributed by atoms with Gasteiger partial charge in [0.2, 0.25) is 0 Å². The molecule has 0 heterocycles. The van der Waals surface area contributed by atoms with Crippen LogP contribution in [-0.2, 0) is 6.42 Å². The van der Waals surface area contributed by atoms with E-state index >= 15 is 0 Å². The Morgan fingerprint density at radius 3 is 2.55 bits per heavy atom. The molecule has 3 nitrogen and oxygen atoms in total. The van der Waals surface area contributed by atoms with Gasteiger partial charge in [-0.25, -0.2) is 0 Å². The molecule has 0 saturated heterocycles. The second-order valence-electron chi connectivity index (χ2n) is 6.14. The maximum atomic E-state index is 9.06. The van der Waals surface area contributed by atoms with Gasteiger partial charge >= 0.3 is 0 Å². The van der Waals surface area contributed by atoms with Gasteiger partial charge in [0.15, 0.2) is 0 Å². The SMILES string of the molecule is COc1ccc(CCC(C)NCC2(CCO)CC2)cc1. The van der Waals surface area contributed by atoms with E-state index in [1.807, 2.05) is 12.1 Å². The van der Waals surface area contributed by atoms with E-state index in [2.05, 4.69) is 24.4 Å². The lowest BCUT2D eigenvalue weighted by Gasteiger charge is -2.19. The third-order valence-electron chi connectivity index (χ3n) is 4.45. The van der Waals surface area contributed by atoms with Gasteiger partial charge in [-0.05, 0) is 62.1 Å². The molecule has 1 unspecified atom stereocenters. The van der Waals surface area contributed by atoms with Crippen molar-refractivity contribution in [3.63, 3.8) is 0 Å². The number of aliphatic hydroxyl groups is 1. The van der Waals surface area contributed by atoms with Crippen LogP contribution in [0, 0.1) is 5.41 Å². The molecule has 1 aliphatic rings. The van der Waals surface area contributed by atoms with Crippen molar-refractivity contribution in [1.82, 2.24) is 5.32 Å². The van der Waals surface area contributed by atoms with Crippen molar-refractivity contribution in [2.75, 3.05) is 20.3 Å². The van der Waals surface area contributed by atoms with E-state index < -0.39 is 0 Å². The summed E-state index contributed by atoms with van der Waals surface area (Å²) in [7, 11) is 1.70. The van der Waals surface area contributed by atoms with E-state index in [1.54, 1.807) is 7.11 Å². The number of ether oxygens (including phenoxy) is 1. The third kappa shape index (κ3) is 4.50. The summed E-state index contributed by atoms with van der Waals surface area (Å²) < 4.78 is 5.17. The maximum Gasteiger partial charge on any atom is 0.118 e. The molecule has 0 aromatic heterocycles. The smallest absolute Gasteiger partial charge is 0.118 e. The summed E-state index contributed by atoms with van der Waals surface area (Å²) in [5, 5.41) is 12.7. The van der Waals surface area contributed by atoms with Gasteiger partial charge in [0.1, 0.15) is 5.75 Å². The summed E-state index contributed by atoms with van der Waals surface area (Å²) in [6, 6.07) is 8.84. The zero-order chi connectivity index (χ0) is 14.4. The Hall–Kier alpha value is -1.06. The number of benzene rings is 1. The minimum atomic E-state index is 0.321. The van der Waals surface area contributed by atoms with Gasteiger partial charge in [-0.15, -0.1) is 0 Å². The van der Waals surface area contributed by atoms with E-state index in [4.69, 9.17) is 9.84 Å². The van der Waals surface area contributed by atoms with Crippen LogP contribution >= 0.6 is 0 Å². The van der Waals surface area contributed by atoms with E-state index in [1.165, 1.54) is 18.4 Å². The zero-order valence-corrected chi connectivity index (χ0v) is 12.7. The van der Waals surface area contributed by atoms with Crippen LogP contribution in [0.2, 0.25) is 0 Å². The van der Waals surface area contributed by atoms with Gasteiger partial charge in [-0.1, -0.05) is 12.1 Å². The highest BCUT2D eigenvalue weighted by Crippen LogP contribution is 2.47. The first-order valence-corrected chi connectivity index (χ1v) is 7.65. The third-order valence-corrected chi connectivity index (χ3v) is 4.45. The van der Waals surface area contributed by atoms with Crippen LogP contribution in [0.4, 0.5) is 0 Å². The Morgan fingerprint density at radius 2 is 2.00 bits per heavy atom. The molecule has 1 atom stereocenters. The number of rotatable bonds is 9. The fourth-order valence-corrected chi connectivity index (χ4v) is 2.60. The van der Waals surface area contributed by atoms with Crippen molar-refractivity contribution >= 4 is 0 Å². The van der Waals surface area contributed by atoms with Gasteiger partial charge in [0.05, 0.1) is 7.11 Å². The fraction of sp³-hybridized carbons (Fsp3) is 0.647. The van der Waals surface area contributed by atoms with Crippen molar-refractivity contribution in [1.29, 1.82) is 0 Å². The average molecular weight is 277 g/mol. The Kier molecular flexibility index (Phi) is 5.44. The van der Waals surface area contributed by atoms with Crippen LogP contribution in [0.3, 0.4) is 0 Å². The van der Waals surface area contributed by atoms with Crippen LogP contribution in [-0.4, -0.2) is 31.4 Å². The van der Waals surface area contributed by atoms with E-state index in [-0.39, 0.29) is 0 Å². The van der Waals surface area contributed by atoms with Crippen LogP contribution in [0.1, 0.15) is 38.2 Å². The highest BCUT2D eigenvalue weighted by atomic mass is 16.5. The molecule has 1 aromatic rings. The summed E-state index contributed by atoms with van der Waals surface area (Å²) in [6.07, 6.45) is 5.72. The van der Waals surface area contributed by atoms with Crippen molar-refractivity contribution in [3.05, 3.63) is 29.8 Å². The summed E-state index contributed by atoms with van der Waals surface area (Å²) in [5.74, 6) is 0.916. The first-order valence-electron chi connectivity index (χ1n) is 7.65. The second-order valence-corrected chi connectivity index (χ2v) is 6.14. The number of hydrogen-bond acceptors (Lipinski definition) is 3. The average Bonchev–Trinajstić information content (AvgIpc) is 3.24. The van der Waals surface area contributed by atoms with Crippen LogP contribution in [0.5, 0.6) is 5.75 Å². The molecule has 0 amide bonds. The summed E-state index contributed by atoms with van der Waals surface area (Å²) in [5.41, 5.74) is 1.76. The van der Waals surface area contributed by atoms with Crippen molar-refractivity contribution < 1.29 is 9.84 Å². The number of aryl methyl sites for hydroxylation is 1. The molecule has 0 bridgehead atoms. The summed E-state index contributed by atoms with van der Waals surface area (Å²) in [6.45, 7) is 3.62. The molecular formula is C17H27NO2. The first kappa shape index (κ1) is 15.3. The standard InChI is InChI=1S/C17H27NO2/c1-14(18-13-17(9-10-17)11-12-19)3-4-15-5-7-16(20-2)8-6-15/h5-8,14,18-19H,3-4,9-13H2,1-2H3. The van der Waals surface area contributed by atoms with Crippen LogP contribution < -0.4 is 10.1 Å². The lowest BCUT2D eigenvalue weighted by molar-refractivity contribution is 0.242. The van der Waals surface area contributed by atoms with Gasteiger partial charge in [-0.3, -0.25) is 0 Å². The van der Waals surface area contributed by atoms with Crippen molar-refractivity contribution in [3.8, 4) is 5.75 Å². The molecule has 20 heavy (non-hydrogen) atoms. The number of nitrogens with one attached hydrogen (secondary N) is 1. The molecule has 0 spiro atoms. The second kappa shape index (κ2) is 7.09. The normalized spacial score (nSPS) is 17.8. The highest BCUT2D eigenvalue weighted by Gasteiger charge is 2.41. The van der Waals surface area contributed by atoms with Crippen LogP contribution in [0.15, 0.2) is 24.3 Å². The largest absolute Gasteiger partial charge is 0.497 e. The molecule has 1 fully saturated rings. The lowest BCUT2D eigenvalue weighted by atomic mass is 10.0. The molecule has 0 radical (unpaired) electrons. The zero-order valence-electron chi connectivity index (χ0n) is 12.7. The maximum absolute atomic E-state index is 9.06. The predicted octanol–water partition coefficient (Wildman–Crippen LogP) is 2.77. The summed E-state index contributed by atoms with van der Waals surface area (Å²) in [4.78, 5) is 0. The monoisotopic (exact) mass is 277 g/mol. The van der Waals surface area contributed by atoms with Crippen LogP contribution in [0.25, 0.3) is 0 Å². The number of aliphatic hydroxyl groups excluding tert-OH is 1. The molecule has 3 heteroatoms. The predicted molar refractivity (Wildman–Crippen MR) is 82.1 cm³/mol. The Balaban J connectivity index is 1.68. The number of methoxy groups -OCH3 is 1. The highest BCUT2D eigenvalue weighted by molar-refractivity contribution is 5.27. The topological polar surface area (TPSA) is 41.5 Å². The Labute approximate surface area is 122 Å². The van der Waals surface area contributed by atoms with Crippen molar-refractivity contribution in [2.24, 2.45) is 5.41 Å². The molecule has 1 saturated carbocycles. The molecule has 2 N–H and O–H groups in total. The minimum absolute atomic E-state index is 0.321. The lowest BCUT2D eigenvalue weighted by Crippen LogP contribution is -2.32. The van der Waals surface area contributed by atoms with Crippen molar-refractivity contribution in [2.45, 2.75) is 45.1 Å². The minimum Gasteiger partial charge on any atom is -0.497 e. The summed E-state index contributed by atoms with van der Waals surface area (Å²) >= 11 is 0. The Bertz CT molecular complexity index is 398. The Morgan fingerprint density at radius 1 is 1.30 bits per heavy atom. The molecule has 0 aliphatic heterocycles. The van der Waals surface area contributed by atoms with E-state index in [9.17, 15) is 0 Å². The fourth-order valence-electron chi connectivity index (χ4n) is 2.60. The number of hydrogen-bond donors (Lipinski definition) is 2. The first-order chi connectivity index (χ1) is 9.67. The molecule has 112 valence electrons. The van der Waals surface area contributed by atoms with Gasteiger partial charge in [-0.2, -0.15) is 0 Å². The molecule has 1 aromatic carbocycles. The quantitative estimate of drug-likeness (QED) is 0.729. The molecule has 2 rings (SSSR count). The molecule has 1 aliphatic carbocycles. The molecular weight excluding hydrogens is 250 g/mol.